The Hall–Kier alpha value is -3.88. The number of nitrogens with zero attached hydrogens (tertiary/aromatic N) is 3. The molecule has 2 heterocycles. The predicted octanol–water partition coefficient (Wildman–Crippen LogP) is 1.65. The summed E-state index contributed by atoms with van der Waals surface area (Å²) in [7, 11) is 0. The van der Waals surface area contributed by atoms with Crippen LogP contribution in [0.25, 0.3) is 0 Å². The van der Waals surface area contributed by atoms with Crippen molar-refractivity contribution in [1.29, 1.82) is 0 Å². The number of anilines is 3. The number of benzene rings is 2. The lowest BCUT2D eigenvalue weighted by Crippen LogP contribution is -2.52. The van der Waals surface area contributed by atoms with Crippen LogP contribution in [0.2, 0.25) is 0 Å². The van der Waals surface area contributed by atoms with Gasteiger partial charge in [0, 0.05) is 50.2 Å². The highest BCUT2D eigenvalue weighted by Gasteiger charge is 2.32. The van der Waals surface area contributed by atoms with Crippen LogP contribution in [0.5, 0.6) is 0 Å². The van der Waals surface area contributed by atoms with Crippen molar-refractivity contribution >= 4 is 40.7 Å². The third kappa shape index (κ3) is 5.23. The van der Waals surface area contributed by atoms with Gasteiger partial charge in [-0.3, -0.25) is 19.7 Å². The van der Waals surface area contributed by atoms with Crippen molar-refractivity contribution in [3.8, 4) is 0 Å². The first kappa shape index (κ1) is 21.4. The van der Waals surface area contributed by atoms with Crippen molar-refractivity contribution in [2.24, 2.45) is 4.99 Å². The number of aliphatic imine (C=N–C) groups is 1. The highest BCUT2D eigenvalue weighted by Crippen LogP contribution is 2.18. The molecular weight excluding hydrogens is 408 g/mol. The molecule has 1 atom stereocenters. The zero-order chi connectivity index (χ0) is 22.5. The highest BCUT2D eigenvalue weighted by molar-refractivity contribution is 6.07. The van der Waals surface area contributed by atoms with E-state index in [1.165, 1.54) is 12.6 Å². The van der Waals surface area contributed by atoms with Gasteiger partial charge >= 0.3 is 0 Å². The highest BCUT2D eigenvalue weighted by atomic mass is 16.2. The summed E-state index contributed by atoms with van der Waals surface area (Å²) in [6.07, 6.45) is -0.0350. The van der Waals surface area contributed by atoms with Gasteiger partial charge in [0.05, 0.1) is 6.42 Å². The third-order valence-electron chi connectivity index (χ3n) is 5.38. The van der Waals surface area contributed by atoms with Gasteiger partial charge in [0.2, 0.25) is 17.8 Å². The largest absolute Gasteiger partial charge is 0.368 e. The number of carbonyl (C=O) groups excluding carboxylic acids is 3. The molecule has 2 aromatic carbocycles. The van der Waals surface area contributed by atoms with Crippen LogP contribution in [-0.4, -0.2) is 60.8 Å². The number of hydrogen-bond acceptors (Lipinski definition) is 6. The third-order valence-corrected chi connectivity index (χ3v) is 5.38. The second-order valence-corrected chi connectivity index (χ2v) is 7.78. The van der Waals surface area contributed by atoms with E-state index in [4.69, 9.17) is 0 Å². The van der Waals surface area contributed by atoms with Crippen LogP contribution in [0.3, 0.4) is 0 Å². The summed E-state index contributed by atoms with van der Waals surface area (Å²) in [6.45, 7) is 4.58. The van der Waals surface area contributed by atoms with Crippen LogP contribution in [0.4, 0.5) is 17.1 Å². The fraction of sp³-hybridized carbons (Fsp3) is 0.304. The Kier molecular flexibility index (Phi) is 6.34. The molecule has 0 spiro atoms. The van der Waals surface area contributed by atoms with Crippen LogP contribution < -0.4 is 20.9 Å². The molecule has 3 N–H and O–H groups in total. The van der Waals surface area contributed by atoms with Gasteiger partial charge in [-0.25, -0.2) is 4.99 Å². The van der Waals surface area contributed by atoms with Crippen molar-refractivity contribution in [3.63, 3.8) is 0 Å². The SMILES string of the molecule is CC(=O)Nc1ccc(NC(=O)C[C@@H]2N=C(N3CCN(c4ccccc4)CC3)NC2=O)cc1. The number of amides is 3. The molecule has 2 aliphatic heterocycles. The lowest BCUT2D eigenvalue weighted by atomic mass is 10.2. The van der Waals surface area contributed by atoms with Crippen LogP contribution in [0.1, 0.15) is 13.3 Å². The molecule has 4 rings (SSSR count). The quantitative estimate of drug-likeness (QED) is 0.664. The normalized spacial score (nSPS) is 18.1. The predicted molar refractivity (Wildman–Crippen MR) is 124 cm³/mol. The standard InChI is InChI=1S/C23H26N6O3/c1-16(30)24-17-7-9-18(10-8-17)25-21(31)15-20-22(32)27-23(26-20)29-13-11-28(12-14-29)19-5-3-2-4-6-19/h2-10,20H,11-15H2,1H3,(H,24,30)(H,25,31)(H,26,27,32)/t20-/m0/s1. The molecular formula is C23H26N6O3. The van der Waals surface area contributed by atoms with Crippen molar-refractivity contribution in [2.75, 3.05) is 41.7 Å². The van der Waals surface area contributed by atoms with Crippen molar-refractivity contribution in [1.82, 2.24) is 10.2 Å². The molecule has 2 aliphatic rings. The number of rotatable bonds is 5. The summed E-state index contributed by atoms with van der Waals surface area (Å²) < 4.78 is 0. The average Bonchev–Trinajstić information content (AvgIpc) is 3.15. The Morgan fingerprint density at radius 3 is 2.16 bits per heavy atom. The number of carbonyl (C=O) groups is 3. The summed E-state index contributed by atoms with van der Waals surface area (Å²) in [6, 6.07) is 16.3. The van der Waals surface area contributed by atoms with Gasteiger partial charge in [-0.05, 0) is 36.4 Å². The molecule has 0 unspecified atom stereocenters. The van der Waals surface area contributed by atoms with E-state index >= 15 is 0 Å². The van der Waals surface area contributed by atoms with Crippen LogP contribution in [0.15, 0.2) is 59.6 Å². The summed E-state index contributed by atoms with van der Waals surface area (Å²) in [5, 5.41) is 8.26. The molecule has 2 aromatic rings. The maximum atomic E-state index is 12.4. The van der Waals surface area contributed by atoms with Crippen LogP contribution in [0, 0.1) is 0 Å². The van der Waals surface area contributed by atoms with Gasteiger partial charge in [0.1, 0.15) is 6.04 Å². The number of nitrogens with one attached hydrogen (secondary N) is 3. The van der Waals surface area contributed by atoms with Crippen molar-refractivity contribution in [2.45, 2.75) is 19.4 Å². The molecule has 0 aromatic heterocycles. The summed E-state index contributed by atoms with van der Waals surface area (Å²) in [5.74, 6) is -0.178. The van der Waals surface area contributed by atoms with E-state index in [-0.39, 0.29) is 24.1 Å². The summed E-state index contributed by atoms with van der Waals surface area (Å²) in [5.41, 5.74) is 2.42. The second kappa shape index (κ2) is 9.51. The van der Waals surface area contributed by atoms with E-state index in [0.29, 0.717) is 17.3 Å². The topological polar surface area (TPSA) is 106 Å². The zero-order valence-electron chi connectivity index (χ0n) is 17.9. The minimum atomic E-state index is -0.740. The van der Waals surface area contributed by atoms with Crippen molar-refractivity contribution in [3.05, 3.63) is 54.6 Å². The van der Waals surface area contributed by atoms with Gasteiger partial charge in [0.25, 0.3) is 5.91 Å². The van der Waals surface area contributed by atoms with Crippen LogP contribution in [-0.2, 0) is 14.4 Å². The fourth-order valence-corrected chi connectivity index (χ4v) is 3.77. The molecule has 32 heavy (non-hydrogen) atoms. The number of piperazine rings is 1. The maximum Gasteiger partial charge on any atom is 0.252 e. The van der Waals surface area contributed by atoms with Gasteiger partial charge in [-0.15, -0.1) is 0 Å². The molecule has 9 heteroatoms. The van der Waals surface area contributed by atoms with E-state index in [0.717, 1.165) is 26.2 Å². The van der Waals surface area contributed by atoms with E-state index in [9.17, 15) is 14.4 Å². The molecule has 1 saturated heterocycles. The first-order valence-corrected chi connectivity index (χ1v) is 10.6. The summed E-state index contributed by atoms with van der Waals surface area (Å²) >= 11 is 0. The van der Waals surface area contributed by atoms with E-state index in [1.807, 2.05) is 18.2 Å². The Morgan fingerprint density at radius 2 is 1.53 bits per heavy atom. The van der Waals surface area contributed by atoms with E-state index < -0.39 is 6.04 Å². The zero-order valence-corrected chi connectivity index (χ0v) is 17.9. The van der Waals surface area contributed by atoms with Gasteiger partial charge in [-0.2, -0.15) is 0 Å². The van der Waals surface area contributed by atoms with Crippen LogP contribution >= 0.6 is 0 Å². The average molecular weight is 435 g/mol. The smallest absolute Gasteiger partial charge is 0.252 e. The lowest BCUT2D eigenvalue weighted by Gasteiger charge is -2.36. The first-order valence-electron chi connectivity index (χ1n) is 10.6. The maximum absolute atomic E-state index is 12.4. The van der Waals surface area contributed by atoms with Gasteiger partial charge < -0.3 is 20.4 Å². The van der Waals surface area contributed by atoms with Crippen molar-refractivity contribution < 1.29 is 14.4 Å². The number of para-hydroxylation sites is 1. The molecule has 1 fully saturated rings. The van der Waals surface area contributed by atoms with Gasteiger partial charge in [0.15, 0.2) is 0 Å². The monoisotopic (exact) mass is 434 g/mol. The Labute approximate surface area is 186 Å². The summed E-state index contributed by atoms with van der Waals surface area (Å²) in [4.78, 5) is 44.7. The Bertz CT molecular complexity index is 1010. The molecule has 166 valence electrons. The minimum absolute atomic E-state index is 0.0350. The molecule has 0 radical (unpaired) electrons. The number of guanidine groups is 1. The second-order valence-electron chi connectivity index (χ2n) is 7.78. The molecule has 0 saturated carbocycles. The first-order chi connectivity index (χ1) is 15.5. The van der Waals surface area contributed by atoms with E-state index in [2.05, 4.69) is 42.9 Å². The number of hydrogen-bond donors (Lipinski definition) is 3. The van der Waals surface area contributed by atoms with E-state index in [1.54, 1.807) is 24.3 Å². The lowest BCUT2D eigenvalue weighted by molar-refractivity contribution is -0.124. The molecule has 0 aliphatic carbocycles. The fourth-order valence-electron chi connectivity index (χ4n) is 3.77. The minimum Gasteiger partial charge on any atom is -0.368 e. The molecule has 0 bridgehead atoms. The molecule has 3 amide bonds. The Morgan fingerprint density at radius 1 is 0.938 bits per heavy atom. The van der Waals surface area contributed by atoms with Gasteiger partial charge in [-0.1, -0.05) is 18.2 Å². The Balaban J connectivity index is 1.29. The molecule has 9 nitrogen and oxygen atoms in total.